The number of nitrogens with zero attached hydrogens (tertiary/aromatic N) is 2. The Morgan fingerprint density at radius 3 is 2.44 bits per heavy atom. The van der Waals surface area contributed by atoms with Gasteiger partial charge < -0.3 is 14.4 Å². The van der Waals surface area contributed by atoms with Gasteiger partial charge in [-0.3, -0.25) is 4.90 Å². The summed E-state index contributed by atoms with van der Waals surface area (Å²) in [7, 11) is 0. The fourth-order valence-electron chi connectivity index (χ4n) is 6.27. The van der Waals surface area contributed by atoms with Crippen LogP contribution in [0, 0.1) is 0 Å². The van der Waals surface area contributed by atoms with Crippen LogP contribution >= 0.6 is 0 Å². The smallest absolute Gasteiger partial charge is 0.124 e. The molecule has 0 bridgehead atoms. The van der Waals surface area contributed by atoms with Gasteiger partial charge >= 0.3 is 0 Å². The van der Waals surface area contributed by atoms with E-state index < -0.39 is 0 Å². The summed E-state index contributed by atoms with van der Waals surface area (Å²) in [5, 5.41) is 0. The van der Waals surface area contributed by atoms with Gasteiger partial charge in [-0.1, -0.05) is 62.7 Å². The molecule has 2 fully saturated rings. The van der Waals surface area contributed by atoms with Crippen molar-refractivity contribution in [3.8, 4) is 5.75 Å². The van der Waals surface area contributed by atoms with Crippen molar-refractivity contribution in [3.05, 3.63) is 65.7 Å². The van der Waals surface area contributed by atoms with Crippen molar-refractivity contribution >= 4 is 0 Å². The summed E-state index contributed by atoms with van der Waals surface area (Å²) in [6.07, 6.45) is 8.14. The van der Waals surface area contributed by atoms with Crippen molar-refractivity contribution in [1.29, 1.82) is 0 Å². The van der Waals surface area contributed by atoms with Gasteiger partial charge in [0.1, 0.15) is 11.9 Å². The number of hydrogen-bond acceptors (Lipinski definition) is 4. The third kappa shape index (κ3) is 7.12. The zero-order valence-electron chi connectivity index (χ0n) is 23.2. The molecule has 2 saturated heterocycles. The molecule has 1 unspecified atom stereocenters. The van der Waals surface area contributed by atoms with Crippen LogP contribution in [-0.4, -0.2) is 60.3 Å². The summed E-state index contributed by atoms with van der Waals surface area (Å²) in [5.41, 5.74) is 2.95. The molecule has 2 aliphatic rings. The van der Waals surface area contributed by atoms with Crippen LogP contribution in [0.3, 0.4) is 0 Å². The van der Waals surface area contributed by atoms with Crippen molar-refractivity contribution in [2.24, 2.45) is 0 Å². The number of hydrogen-bond donors (Lipinski definition) is 0. The van der Waals surface area contributed by atoms with Gasteiger partial charge in [0, 0.05) is 44.9 Å². The van der Waals surface area contributed by atoms with Gasteiger partial charge in [0.2, 0.25) is 0 Å². The second-order valence-electron chi connectivity index (χ2n) is 11.5. The monoisotopic (exact) mass is 492 g/mol. The van der Waals surface area contributed by atoms with Crippen molar-refractivity contribution in [3.63, 3.8) is 0 Å². The molecule has 2 heterocycles. The Balaban J connectivity index is 1.30. The van der Waals surface area contributed by atoms with Crippen LogP contribution in [0.25, 0.3) is 0 Å². The Kier molecular flexibility index (Phi) is 9.49. The lowest BCUT2D eigenvalue weighted by Crippen LogP contribution is -2.61. The van der Waals surface area contributed by atoms with Gasteiger partial charge in [-0.15, -0.1) is 0 Å². The normalized spacial score (nSPS) is 23.9. The molecule has 0 amide bonds. The molecule has 2 aromatic rings. The molecule has 2 aliphatic heterocycles. The van der Waals surface area contributed by atoms with Gasteiger partial charge in [-0.2, -0.15) is 0 Å². The molecule has 0 spiro atoms. The Labute approximate surface area is 220 Å². The third-order valence-corrected chi connectivity index (χ3v) is 8.40. The van der Waals surface area contributed by atoms with Crippen molar-refractivity contribution in [1.82, 2.24) is 9.80 Å². The lowest BCUT2D eigenvalue weighted by molar-refractivity contribution is -0.128. The molecule has 36 heavy (non-hydrogen) atoms. The number of piperazine rings is 1. The zero-order chi connectivity index (χ0) is 25.4. The molecular formula is C32H48N2O2. The minimum absolute atomic E-state index is 0.00542. The first kappa shape index (κ1) is 27.2. The van der Waals surface area contributed by atoms with E-state index in [9.17, 15) is 0 Å². The van der Waals surface area contributed by atoms with E-state index in [-0.39, 0.29) is 11.7 Å². The largest absolute Gasteiger partial charge is 0.486 e. The van der Waals surface area contributed by atoms with E-state index in [0.29, 0.717) is 5.54 Å². The minimum atomic E-state index is -0.00542. The van der Waals surface area contributed by atoms with Crippen LogP contribution in [0.5, 0.6) is 5.75 Å². The second-order valence-corrected chi connectivity index (χ2v) is 11.5. The first-order chi connectivity index (χ1) is 17.4. The highest BCUT2D eigenvalue weighted by molar-refractivity contribution is 5.30. The number of rotatable bonds is 11. The summed E-state index contributed by atoms with van der Waals surface area (Å²) in [6, 6.07) is 19.5. The number of benzene rings is 2. The quantitative estimate of drug-likeness (QED) is 0.341. The molecule has 4 heteroatoms. The van der Waals surface area contributed by atoms with Crippen LogP contribution < -0.4 is 4.74 Å². The summed E-state index contributed by atoms with van der Waals surface area (Å²) in [4.78, 5) is 5.42. The van der Waals surface area contributed by atoms with E-state index in [1.807, 2.05) is 0 Å². The van der Waals surface area contributed by atoms with E-state index >= 15 is 0 Å². The fraction of sp³-hybridized carbons (Fsp3) is 0.625. The van der Waals surface area contributed by atoms with E-state index in [2.05, 4.69) is 92.1 Å². The summed E-state index contributed by atoms with van der Waals surface area (Å²) >= 11 is 0. The highest BCUT2D eigenvalue weighted by atomic mass is 16.5. The predicted molar refractivity (Wildman–Crippen MR) is 150 cm³/mol. The Hall–Kier alpha value is -1.88. The Morgan fingerprint density at radius 1 is 0.972 bits per heavy atom. The minimum Gasteiger partial charge on any atom is -0.486 e. The van der Waals surface area contributed by atoms with Gasteiger partial charge in [-0.05, 0) is 75.6 Å². The van der Waals surface area contributed by atoms with Crippen molar-refractivity contribution < 1.29 is 9.47 Å². The molecule has 4 rings (SSSR count). The summed E-state index contributed by atoms with van der Waals surface area (Å²) < 4.78 is 12.6. The highest BCUT2D eigenvalue weighted by Crippen LogP contribution is 2.39. The fourth-order valence-corrected chi connectivity index (χ4v) is 6.27. The Bertz CT molecular complexity index is 923. The maximum absolute atomic E-state index is 6.53. The average molecular weight is 493 g/mol. The van der Waals surface area contributed by atoms with E-state index in [1.54, 1.807) is 0 Å². The zero-order valence-corrected chi connectivity index (χ0v) is 23.2. The first-order valence-electron chi connectivity index (χ1n) is 14.3. The molecule has 198 valence electrons. The van der Waals surface area contributed by atoms with Crippen molar-refractivity contribution in [2.45, 2.75) is 89.9 Å². The molecule has 0 radical (unpaired) electrons. The standard InChI is InChI=1S/C32H48N2O2/c1-5-7-16-30(28-13-9-8-10-14-28)36-29-15-11-12-27(25-29)17-19-33-20-22-34(23-21-33)32(6-2)18-24-35-31(3,4)26-32/h8-15,25,30H,5-7,16-24,26H2,1-4H3/t30-,32?/m1/s1. The predicted octanol–water partition coefficient (Wildman–Crippen LogP) is 6.89. The molecule has 0 aliphatic carbocycles. The van der Waals surface area contributed by atoms with Gasteiger partial charge in [0.25, 0.3) is 0 Å². The van der Waals surface area contributed by atoms with Crippen LogP contribution in [0.15, 0.2) is 54.6 Å². The van der Waals surface area contributed by atoms with E-state index in [1.165, 1.54) is 49.9 Å². The molecular weight excluding hydrogens is 444 g/mol. The topological polar surface area (TPSA) is 24.9 Å². The maximum atomic E-state index is 6.53. The third-order valence-electron chi connectivity index (χ3n) is 8.40. The molecule has 4 nitrogen and oxygen atoms in total. The molecule has 0 saturated carbocycles. The number of ether oxygens (including phenoxy) is 2. The maximum Gasteiger partial charge on any atom is 0.124 e. The van der Waals surface area contributed by atoms with Crippen LogP contribution in [0.2, 0.25) is 0 Å². The van der Waals surface area contributed by atoms with Crippen molar-refractivity contribution in [2.75, 3.05) is 39.3 Å². The molecule has 0 N–H and O–H groups in total. The average Bonchev–Trinajstić information content (AvgIpc) is 2.90. The SMILES string of the molecule is CCCC[C@@H](Oc1cccc(CCN2CCN(C3(CC)CCOC(C)(C)C3)CC2)c1)c1ccccc1. The molecule has 2 aromatic carbocycles. The van der Waals surface area contributed by atoms with Crippen LogP contribution in [0.1, 0.15) is 83.5 Å². The lowest BCUT2D eigenvalue weighted by Gasteiger charge is -2.53. The Morgan fingerprint density at radius 2 is 1.75 bits per heavy atom. The summed E-state index contributed by atoms with van der Waals surface area (Å²) in [6.45, 7) is 15.8. The lowest BCUT2D eigenvalue weighted by atomic mass is 9.77. The van der Waals surface area contributed by atoms with Crippen LogP contribution in [-0.2, 0) is 11.2 Å². The molecule has 2 atom stereocenters. The van der Waals surface area contributed by atoms with E-state index in [0.717, 1.165) is 51.3 Å². The van der Waals surface area contributed by atoms with E-state index in [4.69, 9.17) is 9.47 Å². The van der Waals surface area contributed by atoms with Gasteiger partial charge in [0.05, 0.1) is 5.60 Å². The highest BCUT2D eigenvalue weighted by Gasteiger charge is 2.44. The summed E-state index contributed by atoms with van der Waals surface area (Å²) in [5.74, 6) is 0.995. The molecule has 0 aromatic heterocycles. The van der Waals surface area contributed by atoms with Gasteiger partial charge in [0.15, 0.2) is 0 Å². The number of unbranched alkanes of at least 4 members (excludes halogenated alkanes) is 1. The van der Waals surface area contributed by atoms with Gasteiger partial charge in [-0.25, -0.2) is 0 Å². The second kappa shape index (κ2) is 12.6. The first-order valence-corrected chi connectivity index (χ1v) is 14.3. The van der Waals surface area contributed by atoms with Crippen LogP contribution in [0.4, 0.5) is 0 Å².